The molecule has 0 radical (unpaired) electrons. The molecule has 5 heteroatoms. The van der Waals surface area contributed by atoms with E-state index in [2.05, 4.69) is 45.2 Å². The van der Waals surface area contributed by atoms with E-state index in [9.17, 15) is 4.79 Å². The van der Waals surface area contributed by atoms with Gasteiger partial charge < -0.3 is 0 Å². The summed E-state index contributed by atoms with van der Waals surface area (Å²) in [5, 5.41) is 5.97. The highest BCUT2D eigenvalue weighted by atomic mass is 16.1. The SMILES string of the molecule is O=c1c2ccccc2cnn1CN1CCN(Cc2ccccc2)CC1. The maximum atomic E-state index is 12.6. The van der Waals surface area contributed by atoms with Crippen LogP contribution in [0.4, 0.5) is 0 Å². The molecule has 2 heterocycles. The number of hydrogen-bond acceptors (Lipinski definition) is 4. The highest BCUT2D eigenvalue weighted by molar-refractivity contribution is 5.80. The van der Waals surface area contributed by atoms with Gasteiger partial charge in [0.1, 0.15) is 0 Å². The summed E-state index contributed by atoms with van der Waals surface area (Å²) in [7, 11) is 0. The Morgan fingerprint density at radius 3 is 2.32 bits per heavy atom. The zero-order valence-corrected chi connectivity index (χ0v) is 14.2. The fraction of sp³-hybridized carbons (Fsp3) is 0.300. The van der Waals surface area contributed by atoms with Crippen molar-refractivity contribution in [3.8, 4) is 0 Å². The molecule has 0 saturated carbocycles. The average Bonchev–Trinajstić information content (AvgIpc) is 2.67. The predicted molar refractivity (Wildman–Crippen MR) is 99.3 cm³/mol. The van der Waals surface area contributed by atoms with Crippen LogP contribution < -0.4 is 5.56 Å². The van der Waals surface area contributed by atoms with Crippen LogP contribution in [0.15, 0.2) is 65.6 Å². The lowest BCUT2D eigenvalue weighted by atomic mass is 10.2. The van der Waals surface area contributed by atoms with Crippen molar-refractivity contribution in [2.75, 3.05) is 26.2 Å². The van der Waals surface area contributed by atoms with Crippen LogP contribution in [0.25, 0.3) is 10.8 Å². The molecule has 0 aliphatic carbocycles. The summed E-state index contributed by atoms with van der Waals surface area (Å²) in [6.45, 7) is 5.47. The van der Waals surface area contributed by atoms with Crippen LogP contribution in [-0.2, 0) is 13.2 Å². The smallest absolute Gasteiger partial charge is 0.275 e. The summed E-state index contributed by atoms with van der Waals surface area (Å²) < 4.78 is 1.58. The molecule has 1 fully saturated rings. The standard InChI is InChI=1S/C20H22N4O/c25-20-19-9-5-4-8-18(19)14-21-24(20)16-23-12-10-22(11-13-23)15-17-6-2-1-3-7-17/h1-9,14H,10-13,15-16H2. The molecule has 128 valence electrons. The lowest BCUT2D eigenvalue weighted by molar-refractivity contribution is 0.0972. The lowest BCUT2D eigenvalue weighted by Gasteiger charge is -2.34. The summed E-state index contributed by atoms with van der Waals surface area (Å²) in [6.07, 6.45) is 1.78. The van der Waals surface area contributed by atoms with Gasteiger partial charge in [0.2, 0.25) is 0 Å². The summed E-state index contributed by atoms with van der Waals surface area (Å²) in [6, 6.07) is 18.2. The topological polar surface area (TPSA) is 41.4 Å². The van der Waals surface area contributed by atoms with Crippen LogP contribution in [0.3, 0.4) is 0 Å². The third kappa shape index (κ3) is 3.62. The number of hydrogen-bond donors (Lipinski definition) is 0. The molecule has 0 unspecified atom stereocenters. The Morgan fingerprint density at radius 1 is 0.840 bits per heavy atom. The molecule has 1 saturated heterocycles. The Bertz CT molecular complexity index is 898. The Labute approximate surface area is 147 Å². The fourth-order valence-corrected chi connectivity index (χ4v) is 3.35. The third-order valence-electron chi connectivity index (χ3n) is 4.81. The van der Waals surface area contributed by atoms with Crippen LogP contribution in [0.2, 0.25) is 0 Å². The van der Waals surface area contributed by atoms with Crippen molar-refractivity contribution in [3.05, 3.63) is 76.7 Å². The Hall–Kier alpha value is -2.50. The molecule has 1 aliphatic heterocycles. The normalized spacial score (nSPS) is 16.3. The third-order valence-corrected chi connectivity index (χ3v) is 4.81. The summed E-state index contributed by atoms with van der Waals surface area (Å²) >= 11 is 0. The average molecular weight is 334 g/mol. The number of benzene rings is 2. The first kappa shape index (κ1) is 16.0. The Morgan fingerprint density at radius 2 is 1.52 bits per heavy atom. The van der Waals surface area contributed by atoms with E-state index in [-0.39, 0.29) is 5.56 Å². The highest BCUT2D eigenvalue weighted by Gasteiger charge is 2.18. The van der Waals surface area contributed by atoms with Crippen molar-refractivity contribution in [1.82, 2.24) is 19.6 Å². The molecule has 5 nitrogen and oxygen atoms in total. The van der Waals surface area contributed by atoms with E-state index < -0.39 is 0 Å². The van der Waals surface area contributed by atoms with E-state index >= 15 is 0 Å². The van der Waals surface area contributed by atoms with E-state index in [4.69, 9.17) is 0 Å². The van der Waals surface area contributed by atoms with Crippen molar-refractivity contribution in [3.63, 3.8) is 0 Å². The summed E-state index contributed by atoms with van der Waals surface area (Å²) in [5.74, 6) is 0. The lowest BCUT2D eigenvalue weighted by Crippen LogP contribution is -2.47. The van der Waals surface area contributed by atoms with Gasteiger partial charge in [-0.15, -0.1) is 0 Å². The van der Waals surface area contributed by atoms with Gasteiger partial charge in [0.05, 0.1) is 18.3 Å². The van der Waals surface area contributed by atoms with Gasteiger partial charge in [-0.1, -0.05) is 48.5 Å². The minimum atomic E-state index is -0.00943. The zero-order chi connectivity index (χ0) is 17.1. The van der Waals surface area contributed by atoms with Crippen molar-refractivity contribution < 1.29 is 0 Å². The van der Waals surface area contributed by atoms with Gasteiger partial charge in [0.15, 0.2) is 0 Å². The first-order valence-corrected chi connectivity index (χ1v) is 8.73. The van der Waals surface area contributed by atoms with Gasteiger partial charge in [-0.25, -0.2) is 4.68 Å². The van der Waals surface area contributed by atoms with Crippen LogP contribution in [0.5, 0.6) is 0 Å². The van der Waals surface area contributed by atoms with Gasteiger partial charge in [-0.3, -0.25) is 14.6 Å². The fourth-order valence-electron chi connectivity index (χ4n) is 3.35. The van der Waals surface area contributed by atoms with Gasteiger partial charge >= 0.3 is 0 Å². The quantitative estimate of drug-likeness (QED) is 0.733. The van der Waals surface area contributed by atoms with Crippen molar-refractivity contribution in [2.45, 2.75) is 13.2 Å². The van der Waals surface area contributed by atoms with E-state index in [1.807, 2.05) is 24.3 Å². The number of rotatable bonds is 4. The van der Waals surface area contributed by atoms with Gasteiger partial charge in [-0.05, 0) is 11.6 Å². The number of aromatic nitrogens is 2. The van der Waals surface area contributed by atoms with Crippen LogP contribution in [0, 0.1) is 0 Å². The first-order valence-electron chi connectivity index (χ1n) is 8.73. The van der Waals surface area contributed by atoms with E-state index in [0.717, 1.165) is 43.5 Å². The van der Waals surface area contributed by atoms with Crippen molar-refractivity contribution in [1.29, 1.82) is 0 Å². The number of piperazine rings is 1. The van der Waals surface area contributed by atoms with E-state index in [1.165, 1.54) is 5.56 Å². The second-order valence-electron chi connectivity index (χ2n) is 6.56. The second-order valence-corrected chi connectivity index (χ2v) is 6.56. The van der Waals surface area contributed by atoms with Crippen molar-refractivity contribution >= 4 is 10.8 Å². The monoisotopic (exact) mass is 334 g/mol. The summed E-state index contributed by atoms with van der Waals surface area (Å²) in [4.78, 5) is 17.3. The van der Waals surface area contributed by atoms with Gasteiger partial charge in [0.25, 0.3) is 5.56 Å². The molecule has 2 aromatic carbocycles. The molecule has 25 heavy (non-hydrogen) atoms. The maximum absolute atomic E-state index is 12.6. The minimum absolute atomic E-state index is 0.00943. The molecule has 1 aliphatic rings. The molecule has 0 spiro atoms. The van der Waals surface area contributed by atoms with Gasteiger partial charge in [0, 0.05) is 38.1 Å². The molecular weight excluding hydrogens is 312 g/mol. The van der Waals surface area contributed by atoms with Crippen LogP contribution in [0.1, 0.15) is 5.56 Å². The molecular formula is C20H22N4O. The second kappa shape index (κ2) is 7.17. The maximum Gasteiger partial charge on any atom is 0.275 e. The molecule has 0 bridgehead atoms. The van der Waals surface area contributed by atoms with Crippen LogP contribution in [-0.4, -0.2) is 45.8 Å². The van der Waals surface area contributed by atoms with Crippen molar-refractivity contribution in [2.24, 2.45) is 0 Å². The highest BCUT2D eigenvalue weighted by Crippen LogP contribution is 2.10. The number of fused-ring (bicyclic) bond motifs is 1. The largest absolute Gasteiger partial charge is 0.297 e. The van der Waals surface area contributed by atoms with E-state index in [0.29, 0.717) is 6.67 Å². The summed E-state index contributed by atoms with van der Waals surface area (Å²) in [5.41, 5.74) is 1.34. The molecule has 0 amide bonds. The van der Waals surface area contributed by atoms with Gasteiger partial charge in [-0.2, -0.15) is 5.10 Å². The molecule has 4 rings (SSSR count). The minimum Gasteiger partial charge on any atom is -0.297 e. The molecule has 0 atom stereocenters. The first-order chi connectivity index (χ1) is 12.3. The predicted octanol–water partition coefficient (Wildman–Crippen LogP) is 2.17. The molecule has 1 aromatic heterocycles. The Balaban J connectivity index is 1.39. The zero-order valence-electron chi connectivity index (χ0n) is 14.2. The molecule has 0 N–H and O–H groups in total. The van der Waals surface area contributed by atoms with Crippen LogP contribution >= 0.6 is 0 Å². The molecule has 3 aromatic rings. The number of nitrogens with zero attached hydrogens (tertiary/aromatic N) is 4. The van der Waals surface area contributed by atoms with E-state index in [1.54, 1.807) is 10.9 Å². The Kier molecular flexibility index (Phi) is 4.59.